The molecule has 1 aromatic rings. The summed E-state index contributed by atoms with van der Waals surface area (Å²) in [6, 6.07) is 0. The number of nitrogens with one attached hydrogen (secondary N) is 1. The van der Waals surface area contributed by atoms with Crippen molar-refractivity contribution in [1.29, 1.82) is 0 Å². The average molecular weight is 194 g/mol. The van der Waals surface area contributed by atoms with Crippen LogP contribution in [0.15, 0.2) is 10.7 Å². The van der Waals surface area contributed by atoms with Gasteiger partial charge in [0.1, 0.15) is 6.26 Å². The van der Waals surface area contributed by atoms with Crippen molar-refractivity contribution in [2.24, 2.45) is 0 Å². The molecule has 3 nitrogen and oxygen atoms in total. The van der Waals surface area contributed by atoms with Crippen LogP contribution >= 0.6 is 0 Å². The summed E-state index contributed by atoms with van der Waals surface area (Å²) in [4.78, 5) is 4.49. The van der Waals surface area contributed by atoms with Crippen molar-refractivity contribution in [1.82, 2.24) is 10.3 Å². The van der Waals surface area contributed by atoms with E-state index < -0.39 is 0 Å². The maximum Gasteiger partial charge on any atom is 0.197 e. The predicted molar refractivity (Wildman–Crippen MR) is 55.1 cm³/mol. The molecule has 1 N–H and O–H groups in total. The smallest absolute Gasteiger partial charge is 0.197 e. The summed E-state index contributed by atoms with van der Waals surface area (Å²) in [5, 5.41) is 3.08. The average Bonchev–Trinajstić information content (AvgIpc) is 2.68. The van der Waals surface area contributed by atoms with Gasteiger partial charge in [-0.05, 0) is 19.9 Å². The Kier molecular flexibility index (Phi) is 3.19. The number of nitrogens with zero attached hydrogens (tertiary/aromatic N) is 1. The van der Waals surface area contributed by atoms with E-state index >= 15 is 0 Å². The van der Waals surface area contributed by atoms with Gasteiger partial charge < -0.3 is 9.73 Å². The lowest BCUT2D eigenvalue weighted by Gasteiger charge is -2.17. The first-order valence-electron chi connectivity index (χ1n) is 5.49. The second kappa shape index (κ2) is 4.60. The Morgan fingerprint density at radius 3 is 2.93 bits per heavy atom. The number of aromatic nitrogens is 1. The van der Waals surface area contributed by atoms with Crippen LogP contribution in [0.3, 0.4) is 0 Å². The molecule has 0 radical (unpaired) electrons. The van der Waals surface area contributed by atoms with Crippen LogP contribution in [0.25, 0.3) is 0 Å². The Hall–Kier alpha value is -0.830. The van der Waals surface area contributed by atoms with Gasteiger partial charge in [0.2, 0.25) is 0 Å². The highest BCUT2D eigenvalue weighted by Gasteiger charge is 2.19. The zero-order chi connectivity index (χ0) is 9.80. The number of hydrogen-bond acceptors (Lipinski definition) is 3. The van der Waals surface area contributed by atoms with Gasteiger partial charge in [0.25, 0.3) is 0 Å². The Balaban J connectivity index is 2.00. The first kappa shape index (κ1) is 9.71. The summed E-state index contributed by atoms with van der Waals surface area (Å²) in [7, 11) is 1.93. The van der Waals surface area contributed by atoms with E-state index in [2.05, 4.69) is 10.3 Å². The van der Waals surface area contributed by atoms with Crippen LogP contribution in [0.5, 0.6) is 0 Å². The lowest BCUT2D eigenvalue weighted by Crippen LogP contribution is -2.07. The molecule has 14 heavy (non-hydrogen) atoms. The highest BCUT2D eigenvalue weighted by atomic mass is 16.3. The summed E-state index contributed by atoms with van der Waals surface area (Å²) >= 11 is 0. The molecule has 0 aliphatic heterocycles. The van der Waals surface area contributed by atoms with E-state index in [9.17, 15) is 0 Å². The summed E-state index contributed by atoms with van der Waals surface area (Å²) in [5.41, 5.74) is 1.02. The van der Waals surface area contributed by atoms with Gasteiger partial charge in [-0.2, -0.15) is 0 Å². The molecule has 3 heteroatoms. The van der Waals surface area contributed by atoms with Crippen LogP contribution in [0.1, 0.15) is 49.6 Å². The second-order valence-electron chi connectivity index (χ2n) is 4.04. The summed E-state index contributed by atoms with van der Waals surface area (Å²) in [6.45, 7) is 0.802. The van der Waals surface area contributed by atoms with Gasteiger partial charge >= 0.3 is 0 Å². The SMILES string of the molecule is CNCc1coc(C2CCCCC2)n1. The molecule has 78 valence electrons. The Morgan fingerprint density at radius 1 is 1.43 bits per heavy atom. The van der Waals surface area contributed by atoms with E-state index in [1.807, 2.05) is 7.05 Å². The first-order valence-corrected chi connectivity index (χ1v) is 5.49. The topological polar surface area (TPSA) is 38.1 Å². The van der Waals surface area contributed by atoms with Gasteiger partial charge in [0.15, 0.2) is 5.89 Å². The monoisotopic (exact) mass is 194 g/mol. The molecular formula is C11H18N2O. The van der Waals surface area contributed by atoms with Crippen LogP contribution in [-0.2, 0) is 6.54 Å². The molecule has 1 aliphatic carbocycles. The molecule has 1 aliphatic rings. The van der Waals surface area contributed by atoms with Crippen LogP contribution in [0.2, 0.25) is 0 Å². The van der Waals surface area contributed by atoms with Crippen molar-refractivity contribution in [3.8, 4) is 0 Å². The molecule has 0 saturated heterocycles. The molecule has 1 aromatic heterocycles. The number of oxazole rings is 1. The molecular weight excluding hydrogens is 176 g/mol. The molecule has 0 spiro atoms. The third-order valence-electron chi connectivity index (χ3n) is 2.88. The van der Waals surface area contributed by atoms with E-state index in [0.717, 1.165) is 18.1 Å². The molecule has 2 rings (SSSR count). The zero-order valence-corrected chi connectivity index (χ0v) is 8.75. The Morgan fingerprint density at radius 2 is 2.21 bits per heavy atom. The molecule has 1 saturated carbocycles. The lowest BCUT2D eigenvalue weighted by atomic mass is 9.89. The molecule has 1 fully saturated rings. The van der Waals surface area contributed by atoms with Gasteiger partial charge in [-0.25, -0.2) is 4.98 Å². The van der Waals surface area contributed by atoms with Crippen molar-refractivity contribution < 1.29 is 4.42 Å². The van der Waals surface area contributed by atoms with Crippen LogP contribution in [0.4, 0.5) is 0 Å². The van der Waals surface area contributed by atoms with Crippen molar-refractivity contribution in [2.75, 3.05) is 7.05 Å². The standard InChI is InChI=1S/C11H18N2O/c1-12-7-10-8-14-11(13-10)9-5-3-2-4-6-9/h8-9,12H,2-7H2,1H3. The molecule has 0 unspecified atom stereocenters. The predicted octanol–water partition coefficient (Wildman–Crippen LogP) is 2.44. The quantitative estimate of drug-likeness (QED) is 0.803. The number of hydrogen-bond donors (Lipinski definition) is 1. The molecule has 0 atom stereocenters. The minimum atomic E-state index is 0.578. The van der Waals surface area contributed by atoms with Crippen LogP contribution < -0.4 is 5.32 Å². The second-order valence-corrected chi connectivity index (χ2v) is 4.04. The third kappa shape index (κ3) is 2.15. The fourth-order valence-corrected chi connectivity index (χ4v) is 2.12. The number of rotatable bonds is 3. The summed E-state index contributed by atoms with van der Waals surface area (Å²) in [6.07, 6.45) is 8.31. The van der Waals surface area contributed by atoms with E-state index in [1.54, 1.807) is 6.26 Å². The van der Waals surface area contributed by atoms with Gasteiger partial charge in [-0.15, -0.1) is 0 Å². The Labute approximate surface area is 84.9 Å². The van der Waals surface area contributed by atoms with Gasteiger partial charge in [0, 0.05) is 12.5 Å². The van der Waals surface area contributed by atoms with Gasteiger partial charge in [-0.3, -0.25) is 0 Å². The van der Waals surface area contributed by atoms with Gasteiger partial charge in [0.05, 0.1) is 5.69 Å². The molecule has 0 aromatic carbocycles. The minimum Gasteiger partial charge on any atom is -0.448 e. The highest BCUT2D eigenvalue weighted by molar-refractivity contribution is 5.01. The van der Waals surface area contributed by atoms with E-state index in [4.69, 9.17) is 4.42 Å². The molecule has 0 amide bonds. The van der Waals surface area contributed by atoms with Crippen LogP contribution in [-0.4, -0.2) is 12.0 Å². The fraction of sp³-hybridized carbons (Fsp3) is 0.727. The van der Waals surface area contributed by atoms with Crippen LogP contribution in [0, 0.1) is 0 Å². The van der Waals surface area contributed by atoms with Crippen molar-refractivity contribution in [2.45, 2.75) is 44.6 Å². The maximum absolute atomic E-state index is 5.51. The van der Waals surface area contributed by atoms with Crippen molar-refractivity contribution in [3.05, 3.63) is 17.8 Å². The third-order valence-corrected chi connectivity index (χ3v) is 2.88. The normalized spacial score (nSPS) is 18.6. The van der Waals surface area contributed by atoms with Gasteiger partial charge in [-0.1, -0.05) is 19.3 Å². The van der Waals surface area contributed by atoms with E-state index in [1.165, 1.54) is 32.1 Å². The van der Waals surface area contributed by atoms with E-state index in [-0.39, 0.29) is 0 Å². The largest absolute Gasteiger partial charge is 0.448 e. The van der Waals surface area contributed by atoms with Crippen molar-refractivity contribution in [3.63, 3.8) is 0 Å². The lowest BCUT2D eigenvalue weighted by molar-refractivity contribution is 0.363. The minimum absolute atomic E-state index is 0.578. The summed E-state index contributed by atoms with van der Waals surface area (Å²) in [5.74, 6) is 1.53. The molecule has 1 heterocycles. The zero-order valence-electron chi connectivity index (χ0n) is 8.75. The summed E-state index contributed by atoms with van der Waals surface area (Å²) < 4.78 is 5.51. The maximum atomic E-state index is 5.51. The first-order chi connectivity index (χ1) is 6.90. The fourth-order valence-electron chi connectivity index (χ4n) is 2.12. The van der Waals surface area contributed by atoms with Crippen molar-refractivity contribution >= 4 is 0 Å². The highest BCUT2D eigenvalue weighted by Crippen LogP contribution is 2.31. The van der Waals surface area contributed by atoms with E-state index in [0.29, 0.717) is 5.92 Å². The molecule has 0 bridgehead atoms. The Bertz CT molecular complexity index is 277.